The van der Waals surface area contributed by atoms with Crippen molar-refractivity contribution < 1.29 is 4.74 Å². The van der Waals surface area contributed by atoms with E-state index < -0.39 is 0 Å². The predicted octanol–water partition coefficient (Wildman–Crippen LogP) is 7.04. The number of benzene rings is 4. The average molecular weight is 442 g/mol. The van der Waals surface area contributed by atoms with E-state index in [9.17, 15) is 4.79 Å². The van der Waals surface area contributed by atoms with Crippen LogP contribution in [0.25, 0.3) is 39.2 Å². The predicted molar refractivity (Wildman–Crippen MR) is 137 cm³/mol. The monoisotopic (exact) mass is 441 g/mol. The first kappa shape index (κ1) is 20.3. The Labute approximate surface area is 198 Å². The number of aromatic nitrogens is 1. The van der Waals surface area contributed by atoms with E-state index in [0.29, 0.717) is 5.56 Å². The molecule has 0 saturated heterocycles. The van der Waals surface area contributed by atoms with Gasteiger partial charge in [-0.25, -0.2) is 0 Å². The summed E-state index contributed by atoms with van der Waals surface area (Å²) in [6, 6.07) is 36.6. The van der Waals surface area contributed by atoms with Gasteiger partial charge >= 0.3 is 0 Å². The number of fused-ring (bicyclic) bond motifs is 3. The van der Waals surface area contributed by atoms with Gasteiger partial charge in [0.05, 0.1) is 11.3 Å². The Balaban J connectivity index is 1.84. The van der Waals surface area contributed by atoms with Gasteiger partial charge in [-0.15, -0.1) is 0 Å². The molecule has 5 aromatic rings. The molecule has 1 aromatic heterocycles. The summed E-state index contributed by atoms with van der Waals surface area (Å²) in [5, 5.41) is 0. The molecule has 0 bridgehead atoms. The van der Waals surface area contributed by atoms with Crippen LogP contribution in [-0.2, 0) is 6.61 Å². The number of pyridine rings is 1. The van der Waals surface area contributed by atoms with Crippen LogP contribution in [0.5, 0.6) is 5.75 Å². The van der Waals surface area contributed by atoms with Crippen molar-refractivity contribution in [1.82, 2.24) is 4.57 Å². The van der Waals surface area contributed by atoms with Crippen molar-refractivity contribution in [3.8, 4) is 44.9 Å². The second kappa shape index (κ2) is 8.20. The standard InChI is InChI=1S/C31H23NO2/c1-21-16-18-24(19-17-21)32-30(23-12-6-3-7-13-23)28(22-10-4-2-5-11-22)29-25-14-8-9-15-27(25)34-20-26(29)31(32)33/h2-19H,20H2,1H3. The number of ether oxygens (including phenoxy) is 1. The van der Waals surface area contributed by atoms with Crippen molar-refractivity contribution in [3.05, 3.63) is 131 Å². The highest BCUT2D eigenvalue weighted by Crippen LogP contribution is 2.46. The molecule has 3 heteroatoms. The van der Waals surface area contributed by atoms with Gasteiger partial charge in [0.1, 0.15) is 12.4 Å². The smallest absolute Gasteiger partial charge is 0.262 e. The van der Waals surface area contributed by atoms with Crippen LogP contribution in [-0.4, -0.2) is 4.57 Å². The summed E-state index contributed by atoms with van der Waals surface area (Å²) in [6.45, 7) is 2.30. The van der Waals surface area contributed by atoms with Crippen LogP contribution >= 0.6 is 0 Å². The summed E-state index contributed by atoms with van der Waals surface area (Å²) in [4.78, 5) is 14.2. The molecule has 4 aromatic carbocycles. The average Bonchev–Trinajstić information content (AvgIpc) is 2.90. The van der Waals surface area contributed by atoms with Gasteiger partial charge in [-0.1, -0.05) is 96.6 Å². The van der Waals surface area contributed by atoms with Crippen LogP contribution in [0, 0.1) is 6.92 Å². The highest BCUT2D eigenvalue weighted by Gasteiger charge is 2.29. The summed E-state index contributed by atoms with van der Waals surface area (Å²) in [7, 11) is 0. The zero-order valence-electron chi connectivity index (χ0n) is 18.9. The molecular weight excluding hydrogens is 418 g/mol. The molecule has 0 radical (unpaired) electrons. The SMILES string of the molecule is Cc1ccc(-n2c(-c3ccccc3)c(-c3ccccc3)c3c(c2=O)COc2ccccc2-3)cc1. The third kappa shape index (κ3) is 3.25. The molecule has 164 valence electrons. The van der Waals surface area contributed by atoms with Crippen molar-refractivity contribution in [2.75, 3.05) is 0 Å². The normalized spacial score (nSPS) is 11.9. The molecule has 1 aliphatic heterocycles. The molecule has 0 N–H and O–H groups in total. The van der Waals surface area contributed by atoms with E-state index in [1.807, 2.05) is 89.5 Å². The van der Waals surface area contributed by atoms with E-state index >= 15 is 0 Å². The number of para-hydroxylation sites is 1. The quantitative estimate of drug-likeness (QED) is 0.301. The molecule has 6 rings (SSSR count). The third-order valence-electron chi connectivity index (χ3n) is 6.40. The maximum atomic E-state index is 14.2. The fourth-order valence-corrected chi connectivity index (χ4v) is 4.80. The zero-order chi connectivity index (χ0) is 23.1. The van der Waals surface area contributed by atoms with E-state index in [1.54, 1.807) is 0 Å². The second-order valence-corrected chi connectivity index (χ2v) is 8.57. The Kier molecular flexibility index (Phi) is 4.88. The zero-order valence-corrected chi connectivity index (χ0v) is 18.9. The molecule has 34 heavy (non-hydrogen) atoms. The summed E-state index contributed by atoms with van der Waals surface area (Å²) in [5.74, 6) is 0.804. The van der Waals surface area contributed by atoms with Gasteiger partial charge in [-0.2, -0.15) is 0 Å². The van der Waals surface area contributed by atoms with Crippen LogP contribution in [0.15, 0.2) is 114 Å². The molecule has 3 nitrogen and oxygen atoms in total. The molecule has 1 aliphatic rings. The first-order valence-electron chi connectivity index (χ1n) is 11.4. The lowest BCUT2D eigenvalue weighted by Crippen LogP contribution is -2.28. The van der Waals surface area contributed by atoms with Crippen molar-refractivity contribution in [1.29, 1.82) is 0 Å². The van der Waals surface area contributed by atoms with E-state index in [4.69, 9.17) is 4.74 Å². The molecule has 0 saturated carbocycles. The van der Waals surface area contributed by atoms with E-state index in [1.165, 1.54) is 0 Å². The van der Waals surface area contributed by atoms with Crippen molar-refractivity contribution in [2.24, 2.45) is 0 Å². The lowest BCUT2D eigenvalue weighted by Gasteiger charge is -2.28. The van der Waals surface area contributed by atoms with Crippen LogP contribution in [0.2, 0.25) is 0 Å². The maximum absolute atomic E-state index is 14.2. The van der Waals surface area contributed by atoms with Crippen molar-refractivity contribution >= 4 is 0 Å². The Hall–Kier alpha value is -4.37. The lowest BCUT2D eigenvalue weighted by atomic mass is 9.86. The van der Waals surface area contributed by atoms with E-state index in [0.717, 1.165) is 50.5 Å². The topological polar surface area (TPSA) is 31.2 Å². The van der Waals surface area contributed by atoms with Gasteiger partial charge in [-0.3, -0.25) is 9.36 Å². The van der Waals surface area contributed by atoms with Gasteiger partial charge in [0.25, 0.3) is 5.56 Å². The molecule has 0 fully saturated rings. The minimum atomic E-state index is -0.0492. The Bertz CT molecular complexity index is 1550. The van der Waals surface area contributed by atoms with E-state index in [-0.39, 0.29) is 12.2 Å². The maximum Gasteiger partial charge on any atom is 0.262 e. The van der Waals surface area contributed by atoms with Crippen LogP contribution in [0.3, 0.4) is 0 Å². The number of aryl methyl sites for hydroxylation is 1. The summed E-state index contributed by atoms with van der Waals surface area (Å²) < 4.78 is 7.92. The van der Waals surface area contributed by atoms with Crippen LogP contribution in [0.1, 0.15) is 11.1 Å². The fraction of sp³-hybridized carbons (Fsp3) is 0.0645. The van der Waals surface area contributed by atoms with Crippen molar-refractivity contribution in [3.63, 3.8) is 0 Å². The van der Waals surface area contributed by atoms with E-state index in [2.05, 4.69) is 31.2 Å². The summed E-state index contributed by atoms with van der Waals surface area (Å²) >= 11 is 0. The molecule has 0 unspecified atom stereocenters. The number of hydrogen-bond acceptors (Lipinski definition) is 2. The van der Waals surface area contributed by atoms with Gasteiger partial charge in [-0.05, 0) is 36.2 Å². The number of nitrogens with zero attached hydrogens (tertiary/aromatic N) is 1. The Morgan fingerprint density at radius 1 is 0.676 bits per heavy atom. The van der Waals surface area contributed by atoms with Crippen molar-refractivity contribution in [2.45, 2.75) is 13.5 Å². The fourth-order valence-electron chi connectivity index (χ4n) is 4.80. The van der Waals surface area contributed by atoms with Crippen LogP contribution in [0.4, 0.5) is 0 Å². The number of rotatable bonds is 3. The summed E-state index contributed by atoms with van der Waals surface area (Å²) in [5.41, 5.74) is 8.51. The highest BCUT2D eigenvalue weighted by atomic mass is 16.5. The molecule has 0 aliphatic carbocycles. The molecular formula is C31H23NO2. The molecule has 0 amide bonds. The summed E-state index contributed by atoms with van der Waals surface area (Å²) in [6.07, 6.45) is 0. The highest BCUT2D eigenvalue weighted by molar-refractivity contribution is 5.97. The minimum absolute atomic E-state index is 0.0492. The van der Waals surface area contributed by atoms with Crippen LogP contribution < -0.4 is 10.3 Å². The molecule has 0 atom stereocenters. The van der Waals surface area contributed by atoms with Gasteiger partial charge in [0, 0.05) is 22.4 Å². The Morgan fingerprint density at radius 3 is 2.00 bits per heavy atom. The van der Waals surface area contributed by atoms with Gasteiger partial charge in [0.2, 0.25) is 0 Å². The first-order chi connectivity index (χ1) is 16.7. The molecule has 2 heterocycles. The third-order valence-corrected chi connectivity index (χ3v) is 6.40. The Morgan fingerprint density at radius 2 is 1.29 bits per heavy atom. The van der Waals surface area contributed by atoms with Gasteiger partial charge < -0.3 is 4.74 Å². The first-order valence-corrected chi connectivity index (χ1v) is 11.4. The largest absolute Gasteiger partial charge is 0.488 e. The lowest BCUT2D eigenvalue weighted by molar-refractivity contribution is 0.300. The minimum Gasteiger partial charge on any atom is -0.488 e. The second-order valence-electron chi connectivity index (χ2n) is 8.57. The molecule has 0 spiro atoms. The van der Waals surface area contributed by atoms with Gasteiger partial charge in [0.15, 0.2) is 0 Å². The number of hydrogen-bond donors (Lipinski definition) is 0.